The summed E-state index contributed by atoms with van der Waals surface area (Å²) < 4.78 is 16.0. The minimum Gasteiger partial charge on any atom is -0.314 e. The first-order valence-corrected chi connectivity index (χ1v) is 10.0. The largest absolute Gasteiger partial charge is 0.314 e. The highest BCUT2D eigenvalue weighted by molar-refractivity contribution is 7.18. The normalized spacial score (nSPS) is 20.2. The SMILES string of the molecule is Cc1cn2nc(-c3nc4sc([C@H]5CCNC[C@H]5F)cc4c(=O)[nH]3)cc(C)c2n1. The Kier molecular flexibility index (Phi) is 4.02. The van der Waals surface area contributed by atoms with Crippen molar-refractivity contribution in [1.29, 1.82) is 0 Å². The van der Waals surface area contributed by atoms with Crippen LogP contribution in [0.2, 0.25) is 0 Å². The molecule has 5 heterocycles. The van der Waals surface area contributed by atoms with Crippen LogP contribution in [0.5, 0.6) is 0 Å². The summed E-state index contributed by atoms with van der Waals surface area (Å²) in [6.07, 6.45) is 1.61. The van der Waals surface area contributed by atoms with Crippen molar-refractivity contribution in [2.75, 3.05) is 13.1 Å². The fraction of sp³-hybridized carbons (Fsp3) is 0.368. The van der Waals surface area contributed by atoms with Crippen molar-refractivity contribution in [2.45, 2.75) is 32.4 Å². The number of hydrogen-bond donors (Lipinski definition) is 2. The molecule has 2 atom stereocenters. The lowest BCUT2D eigenvalue weighted by Crippen LogP contribution is -2.36. The van der Waals surface area contributed by atoms with Crippen molar-refractivity contribution >= 4 is 27.2 Å². The molecule has 144 valence electrons. The number of aryl methyl sites for hydroxylation is 2. The predicted octanol–water partition coefficient (Wildman–Crippen LogP) is 2.73. The number of aromatic amines is 1. The van der Waals surface area contributed by atoms with E-state index in [9.17, 15) is 9.18 Å². The molecule has 1 saturated heterocycles. The van der Waals surface area contributed by atoms with Gasteiger partial charge in [-0.15, -0.1) is 11.3 Å². The second-order valence-corrected chi connectivity index (χ2v) is 8.32. The zero-order valence-corrected chi connectivity index (χ0v) is 16.3. The van der Waals surface area contributed by atoms with Gasteiger partial charge in [-0.25, -0.2) is 18.9 Å². The van der Waals surface area contributed by atoms with Crippen molar-refractivity contribution in [3.63, 3.8) is 0 Å². The maximum Gasteiger partial charge on any atom is 0.259 e. The third kappa shape index (κ3) is 2.82. The van der Waals surface area contributed by atoms with Crippen LogP contribution < -0.4 is 10.9 Å². The van der Waals surface area contributed by atoms with Crippen LogP contribution in [0.25, 0.3) is 27.4 Å². The van der Waals surface area contributed by atoms with Crippen LogP contribution in [-0.4, -0.2) is 43.8 Å². The van der Waals surface area contributed by atoms with Crippen LogP contribution in [0.4, 0.5) is 4.39 Å². The van der Waals surface area contributed by atoms with Gasteiger partial charge in [-0.2, -0.15) is 5.10 Å². The average Bonchev–Trinajstić information content (AvgIpc) is 3.25. The number of aromatic nitrogens is 5. The summed E-state index contributed by atoms with van der Waals surface area (Å²) in [7, 11) is 0. The maximum absolute atomic E-state index is 14.3. The number of nitrogens with zero attached hydrogens (tertiary/aromatic N) is 4. The Morgan fingerprint density at radius 1 is 1.29 bits per heavy atom. The Hall–Kier alpha value is -2.65. The fourth-order valence-electron chi connectivity index (χ4n) is 3.76. The quantitative estimate of drug-likeness (QED) is 0.542. The summed E-state index contributed by atoms with van der Waals surface area (Å²) in [5, 5.41) is 8.11. The van der Waals surface area contributed by atoms with Crippen LogP contribution >= 0.6 is 11.3 Å². The van der Waals surface area contributed by atoms with Gasteiger partial charge in [0.25, 0.3) is 5.56 Å². The number of rotatable bonds is 2. The Morgan fingerprint density at radius 2 is 2.14 bits per heavy atom. The number of piperidine rings is 1. The molecule has 0 saturated carbocycles. The molecular weight excluding hydrogens is 379 g/mol. The molecule has 9 heteroatoms. The van der Waals surface area contributed by atoms with Gasteiger partial charge in [-0.3, -0.25) is 4.79 Å². The Labute approximate surface area is 163 Å². The van der Waals surface area contributed by atoms with Gasteiger partial charge in [0, 0.05) is 17.3 Å². The van der Waals surface area contributed by atoms with E-state index in [0.29, 0.717) is 28.3 Å². The smallest absolute Gasteiger partial charge is 0.259 e. The maximum atomic E-state index is 14.3. The van der Waals surface area contributed by atoms with Crippen molar-refractivity contribution in [1.82, 2.24) is 29.9 Å². The lowest BCUT2D eigenvalue weighted by atomic mass is 9.94. The van der Waals surface area contributed by atoms with Gasteiger partial charge in [0.05, 0.1) is 17.3 Å². The number of alkyl halides is 1. The van der Waals surface area contributed by atoms with Crippen molar-refractivity contribution < 1.29 is 4.39 Å². The fourth-order valence-corrected chi connectivity index (χ4v) is 4.97. The standard InChI is InChI=1S/C19H19FN6OS/c1-9-5-14(25-26-8-10(2)22-17(9)26)16-23-18(27)12-6-15(28-19(12)24-16)11-3-4-21-7-13(11)20/h5-6,8,11,13,21H,3-4,7H2,1-2H3,(H,23,24,27)/t11-,13+/m0/s1. The Bertz CT molecular complexity index is 1260. The molecule has 5 rings (SSSR count). The van der Waals surface area contributed by atoms with Crippen molar-refractivity contribution in [3.05, 3.63) is 44.8 Å². The second kappa shape index (κ2) is 6.46. The van der Waals surface area contributed by atoms with E-state index >= 15 is 0 Å². The molecule has 28 heavy (non-hydrogen) atoms. The molecule has 0 aliphatic carbocycles. The van der Waals surface area contributed by atoms with Gasteiger partial charge >= 0.3 is 0 Å². The first-order valence-electron chi connectivity index (χ1n) is 9.22. The number of nitrogens with one attached hydrogen (secondary N) is 2. The molecule has 0 amide bonds. The third-order valence-corrected chi connectivity index (χ3v) is 6.33. The lowest BCUT2D eigenvalue weighted by molar-refractivity contribution is 0.233. The second-order valence-electron chi connectivity index (χ2n) is 7.26. The van der Waals surface area contributed by atoms with Gasteiger partial charge < -0.3 is 10.3 Å². The van der Waals surface area contributed by atoms with Crippen LogP contribution in [-0.2, 0) is 0 Å². The van der Waals surface area contributed by atoms with Crippen LogP contribution in [0.3, 0.4) is 0 Å². The minimum atomic E-state index is -0.948. The summed E-state index contributed by atoms with van der Waals surface area (Å²) in [6.45, 7) is 4.99. The lowest BCUT2D eigenvalue weighted by Gasteiger charge is -2.25. The van der Waals surface area contributed by atoms with E-state index in [-0.39, 0.29) is 11.5 Å². The Balaban J connectivity index is 1.62. The number of fused-ring (bicyclic) bond motifs is 2. The van der Waals surface area contributed by atoms with E-state index in [1.165, 1.54) is 11.3 Å². The highest BCUT2D eigenvalue weighted by atomic mass is 32.1. The molecule has 0 spiro atoms. The van der Waals surface area contributed by atoms with Gasteiger partial charge in [-0.1, -0.05) is 0 Å². The summed E-state index contributed by atoms with van der Waals surface area (Å²) in [5.41, 5.74) is 2.94. The van der Waals surface area contributed by atoms with Gasteiger partial charge in [0.1, 0.15) is 16.7 Å². The summed E-state index contributed by atoms with van der Waals surface area (Å²) >= 11 is 1.40. The van der Waals surface area contributed by atoms with E-state index in [1.807, 2.05) is 26.1 Å². The topological polar surface area (TPSA) is 88.0 Å². The molecule has 7 nitrogen and oxygen atoms in total. The number of imidazole rings is 1. The Morgan fingerprint density at radius 3 is 2.96 bits per heavy atom. The molecule has 1 aliphatic rings. The molecule has 4 aromatic rings. The van der Waals surface area contributed by atoms with E-state index in [0.717, 1.165) is 34.7 Å². The molecule has 0 bridgehead atoms. The van der Waals surface area contributed by atoms with Crippen molar-refractivity contribution in [3.8, 4) is 11.5 Å². The molecule has 0 unspecified atom stereocenters. The van der Waals surface area contributed by atoms with Crippen LogP contribution in [0, 0.1) is 13.8 Å². The highest BCUT2D eigenvalue weighted by Crippen LogP contribution is 2.35. The first kappa shape index (κ1) is 17.4. The summed E-state index contributed by atoms with van der Waals surface area (Å²) in [6, 6.07) is 3.66. The molecule has 1 aliphatic heterocycles. The molecule has 1 fully saturated rings. The summed E-state index contributed by atoms with van der Waals surface area (Å²) in [5.74, 6) is 0.221. The number of halogens is 1. The summed E-state index contributed by atoms with van der Waals surface area (Å²) in [4.78, 5) is 26.1. The van der Waals surface area contributed by atoms with Gasteiger partial charge in [0.15, 0.2) is 11.5 Å². The highest BCUT2D eigenvalue weighted by Gasteiger charge is 2.28. The molecular formula is C19H19FN6OS. The van der Waals surface area contributed by atoms with E-state index < -0.39 is 6.17 Å². The number of hydrogen-bond acceptors (Lipinski definition) is 6. The van der Waals surface area contributed by atoms with E-state index in [1.54, 1.807) is 10.6 Å². The molecule has 0 aromatic carbocycles. The van der Waals surface area contributed by atoms with Gasteiger partial charge in [-0.05, 0) is 44.5 Å². The third-order valence-electron chi connectivity index (χ3n) is 5.17. The molecule has 0 radical (unpaired) electrons. The van der Waals surface area contributed by atoms with Crippen LogP contribution in [0.1, 0.15) is 28.5 Å². The zero-order valence-electron chi connectivity index (χ0n) is 15.5. The molecule has 4 aromatic heterocycles. The van der Waals surface area contributed by atoms with E-state index in [4.69, 9.17) is 0 Å². The van der Waals surface area contributed by atoms with Crippen molar-refractivity contribution in [2.24, 2.45) is 0 Å². The number of H-pyrrole nitrogens is 1. The average molecular weight is 398 g/mol. The van der Waals surface area contributed by atoms with E-state index in [2.05, 4.69) is 25.4 Å². The molecule has 2 N–H and O–H groups in total. The minimum absolute atomic E-state index is 0.186. The van der Waals surface area contributed by atoms with Crippen LogP contribution in [0.15, 0.2) is 23.1 Å². The number of thiophene rings is 1. The first-order chi connectivity index (χ1) is 13.5. The van der Waals surface area contributed by atoms with Gasteiger partial charge in [0.2, 0.25) is 0 Å². The zero-order chi connectivity index (χ0) is 19.4. The monoisotopic (exact) mass is 398 g/mol. The predicted molar refractivity (Wildman–Crippen MR) is 107 cm³/mol.